The summed E-state index contributed by atoms with van der Waals surface area (Å²) in [5, 5.41) is 21.8. The SMILES string of the molecule is CCCCCCCCCCCCCCCCC1(C)CCc2c(c(C)c(C)c(O)c2[N+](=O)[O-])O1. The van der Waals surface area contributed by atoms with Gasteiger partial charge in [-0.05, 0) is 52.0 Å². The van der Waals surface area contributed by atoms with E-state index in [0.717, 1.165) is 24.8 Å². The number of rotatable bonds is 16. The van der Waals surface area contributed by atoms with Gasteiger partial charge in [0.2, 0.25) is 0 Å². The van der Waals surface area contributed by atoms with Gasteiger partial charge < -0.3 is 9.84 Å². The van der Waals surface area contributed by atoms with Crippen LogP contribution in [0.4, 0.5) is 5.69 Å². The summed E-state index contributed by atoms with van der Waals surface area (Å²) in [6, 6.07) is 0. The molecule has 0 amide bonds. The number of nitrogens with zero attached hydrogens (tertiary/aromatic N) is 1. The van der Waals surface area contributed by atoms with Gasteiger partial charge in [0.1, 0.15) is 11.4 Å². The van der Waals surface area contributed by atoms with Crippen LogP contribution < -0.4 is 4.74 Å². The van der Waals surface area contributed by atoms with Crippen molar-refractivity contribution in [1.29, 1.82) is 0 Å². The van der Waals surface area contributed by atoms with Gasteiger partial charge in [0.15, 0.2) is 5.75 Å². The lowest BCUT2D eigenvalue weighted by Crippen LogP contribution is -2.37. The molecule has 1 aliphatic heterocycles. The van der Waals surface area contributed by atoms with Crippen molar-refractivity contribution >= 4 is 5.69 Å². The van der Waals surface area contributed by atoms with Gasteiger partial charge >= 0.3 is 5.69 Å². The summed E-state index contributed by atoms with van der Waals surface area (Å²) < 4.78 is 6.37. The fourth-order valence-corrected chi connectivity index (χ4v) is 5.13. The molecular formula is C28H47NO4. The molecule has 0 saturated heterocycles. The predicted octanol–water partition coefficient (Wildman–Crippen LogP) is 8.87. The molecule has 5 nitrogen and oxygen atoms in total. The van der Waals surface area contributed by atoms with E-state index in [1.54, 1.807) is 6.92 Å². The maximum atomic E-state index is 11.5. The highest BCUT2D eigenvalue weighted by atomic mass is 16.6. The minimum atomic E-state index is -0.472. The highest BCUT2D eigenvalue weighted by Gasteiger charge is 2.38. The molecular weight excluding hydrogens is 414 g/mol. The summed E-state index contributed by atoms with van der Waals surface area (Å²) in [5.41, 5.74) is 1.46. The van der Waals surface area contributed by atoms with E-state index in [2.05, 4.69) is 13.8 Å². The first-order valence-electron chi connectivity index (χ1n) is 13.5. The number of nitro groups is 1. The Kier molecular flexibility index (Phi) is 11.5. The molecule has 0 radical (unpaired) electrons. The molecule has 1 heterocycles. The van der Waals surface area contributed by atoms with Crippen molar-refractivity contribution in [2.75, 3.05) is 0 Å². The second-order valence-electron chi connectivity index (χ2n) is 10.4. The summed E-state index contributed by atoms with van der Waals surface area (Å²) in [7, 11) is 0. The molecule has 188 valence electrons. The molecule has 1 aromatic rings. The quantitative estimate of drug-likeness (QED) is 0.151. The van der Waals surface area contributed by atoms with E-state index in [-0.39, 0.29) is 17.0 Å². The standard InChI is InChI=1S/C28H47NO4/c1-5-6-7-8-9-10-11-12-13-14-15-16-17-18-20-28(4)21-19-24-25(29(31)32)26(30)22(2)23(3)27(24)33-28/h30H,5-21H2,1-4H3. The van der Waals surface area contributed by atoms with Crippen molar-refractivity contribution in [3.05, 3.63) is 26.8 Å². The van der Waals surface area contributed by atoms with Gasteiger partial charge in [0, 0.05) is 5.56 Å². The fraction of sp³-hybridized carbons (Fsp3) is 0.786. The number of phenols is 1. The Morgan fingerprint density at radius 3 is 1.85 bits per heavy atom. The van der Waals surface area contributed by atoms with Crippen molar-refractivity contribution < 1.29 is 14.8 Å². The van der Waals surface area contributed by atoms with Gasteiger partial charge in [-0.1, -0.05) is 90.4 Å². The van der Waals surface area contributed by atoms with Crippen LogP contribution in [0.15, 0.2) is 0 Å². The number of ether oxygens (including phenoxy) is 1. The molecule has 0 saturated carbocycles. The molecule has 1 unspecified atom stereocenters. The topological polar surface area (TPSA) is 72.6 Å². The minimum Gasteiger partial charge on any atom is -0.502 e. The Morgan fingerprint density at radius 2 is 1.36 bits per heavy atom. The summed E-state index contributed by atoms with van der Waals surface area (Å²) in [6.45, 7) is 8.01. The Bertz CT molecular complexity index is 761. The molecule has 0 aliphatic carbocycles. The first kappa shape index (κ1) is 27.5. The van der Waals surface area contributed by atoms with Gasteiger partial charge in [-0.25, -0.2) is 0 Å². The Morgan fingerprint density at radius 1 is 0.879 bits per heavy atom. The van der Waals surface area contributed by atoms with Crippen LogP contribution in [0.1, 0.15) is 133 Å². The van der Waals surface area contributed by atoms with Crippen molar-refractivity contribution in [3.8, 4) is 11.5 Å². The number of nitro benzene ring substituents is 1. The summed E-state index contributed by atoms with van der Waals surface area (Å²) in [6.07, 6.45) is 21.1. The first-order chi connectivity index (χ1) is 15.8. The number of unbranched alkanes of at least 4 members (excludes halogenated alkanes) is 13. The number of hydrogen-bond acceptors (Lipinski definition) is 4. The third-order valence-electron chi connectivity index (χ3n) is 7.54. The van der Waals surface area contributed by atoms with Crippen molar-refractivity contribution in [2.45, 2.75) is 142 Å². The van der Waals surface area contributed by atoms with Crippen LogP contribution in [0.25, 0.3) is 0 Å². The molecule has 1 aliphatic rings. The third kappa shape index (κ3) is 8.19. The first-order valence-corrected chi connectivity index (χ1v) is 13.5. The van der Waals surface area contributed by atoms with Gasteiger partial charge in [0.25, 0.3) is 0 Å². The number of hydrogen-bond donors (Lipinski definition) is 1. The number of fused-ring (bicyclic) bond motifs is 1. The average Bonchev–Trinajstić information content (AvgIpc) is 2.78. The van der Waals surface area contributed by atoms with Crippen molar-refractivity contribution in [2.24, 2.45) is 0 Å². The molecule has 1 atom stereocenters. The average molecular weight is 462 g/mol. The van der Waals surface area contributed by atoms with Crippen LogP contribution in [0.3, 0.4) is 0 Å². The Balaban J connectivity index is 1.65. The van der Waals surface area contributed by atoms with Gasteiger partial charge in [0.05, 0.1) is 10.5 Å². The van der Waals surface area contributed by atoms with Crippen molar-refractivity contribution in [3.63, 3.8) is 0 Å². The second-order valence-corrected chi connectivity index (χ2v) is 10.4. The van der Waals surface area contributed by atoms with Crippen LogP contribution in [0.5, 0.6) is 11.5 Å². The number of benzene rings is 1. The number of aromatic hydroxyl groups is 1. The molecule has 0 spiro atoms. The number of phenolic OH excluding ortho intramolecular Hbond substituents is 1. The van der Waals surface area contributed by atoms with E-state index in [9.17, 15) is 15.2 Å². The van der Waals surface area contributed by atoms with E-state index < -0.39 is 4.92 Å². The lowest BCUT2D eigenvalue weighted by Gasteiger charge is -2.37. The molecule has 1 N–H and O–H groups in total. The molecule has 2 rings (SSSR count). The van der Waals surface area contributed by atoms with E-state index >= 15 is 0 Å². The molecule has 5 heteroatoms. The lowest BCUT2D eigenvalue weighted by atomic mass is 9.85. The zero-order valence-electron chi connectivity index (χ0n) is 21.6. The molecule has 33 heavy (non-hydrogen) atoms. The van der Waals surface area contributed by atoms with Gasteiger partial charge in [-0.2, -0.15) is 0 Å². The molecule has 0 bridgehead atoms. The Hall–Kier alpha value is -1.78. The lowest BCUT2D eigenvalue weighted by molar-refractivity contribution is -0.386. The zero-order valence-corrected chi connectivity index (χ0v) is 21.6. The summed E-state index contributed by atoms with van der Waals surface area (Å²) in [5.74, 6) is 0.409. The van der Waals surface area contributed by atoms with Gasteiger partial charge in [-0.15, -0.1) is 0 Å². The second kappa shape index (κ2) is 13.8. The molecule has 1 aromatic carbocycles. The maximum absolute atomic E-state index is 11.5. The third-order valence-corrected chi connectivity index (χ3v) is 7.54. The summed E-state index contributed by atoms with van der Waals surface area (Å²) >= 11 is 0. The van der Waals surface area contributed by atoms with E-state index in [0.29, 0.717) is 23.3 Å². The summed E-state index contributed by atoms with van der Waals surface area (Å²) in [4.78, 5) is 11.1. The van der Waals surface area contributed by atoms with Crippen LogP contribution >= 0.6 is 0 Å². The van der Waals surface area contributed by atoms with Crippen LogP contribution in [-0.4, -0.2) is 15.6 Å². The van der Waals surface area contributed by atoms with Crippen molar-refractivity contribution in [1.82, 2.24) is 0 Å². The fourth-order valence-electron chi connectivity index (χ4n) is 5.13. The highest BCUT2D eigenvalue weighted by Crippen LogP contribution is 2.48. The van der Waals surface area contributed by atoms with E-state index in [1.165, 1.54) is 83.5 Å². The largest absolute Gasteiger partial charge is 0.502 e. The van der Waals surface area contributed by atoms with Crippen LogP contribution in [0.2, 0.25) is 0 Å². The zero-order chi connectivity index (χ0) is 24.3. The van der Waals surface area contributed by atoms with Crippen LogP contribution in [-0.2, 0) is 6.42 Å². The predicted molar refractivity (Wildman–Crippen MR) is 137 cm³/mol. The molecule has 0 aromatic heterocycles. The van der Waals surface area contributed by atoms with E-state index in [4.69, 9.17) is 4.74 Å². The molecule has 0 fully saturated rings. The maximum Gasteiger partial charge on any atom is 0.317 e. The normalized spacial score (nSPS) is 17.6. The monoisotopic (exact) mass is 461 g/mol. The smallest absolute Gasteiger partial charge is 0.317 e. The highest BCUT2D eigenvalue weighted by molar-refractivity contribution is 5.66. The minimum absolute atomic E-state index is 0.174. The van der Waals surface area contributed by atoms with E-state index in [1.807, 2.05) is 6.92 Å². The van der Waals surface area contributed by atoms with Gasteiger partial charge in [-0.3, -0.25) is 10.1 Å². The van der Waals surface area contributed by atoms with Crippen LogP contribution in [0, 0.1) is 24.0 Å². The Labute approximate surface area is 201 Å².